The smallest absolute Gasteiger partial charge is 0.364 e. The van der Waals surface area contributed by atoms with Crippen molar-refractivity contribution in [2.75, 3.05) is 0 Å². The first-order valence-corrected chi connectivity index (χ1v) is 7.39. The van der Waals surface area contributed by atoms with E-state index in [-0.39, 0.29) is 17.2 Å². The van der Waals surface area contributed by atoms with Crippen LogP contribution in [0.2, 0.25) is 0 Å². The molecule has 0 atom stereocenters. The predicted octanol–water partition coefficient (Wildman–Crippen LogP) is 1.30. The summed E-state index contributed by atoms with van der Waals surface area (Å²) < 4.78 is 42.5. The lowest BCUT2D eigenvalue weighted by molar-refractivity contribution is -0.159. The highest BCUT2D eigenvalue weighted by Gasteiger charge is 2.38. The lowest BCUT2D eigenvalue weighted by Gasteiger charge is -2.03. The van der Waals surface area contributed by atoms with Gasteiger partial charge in [0.2, 0.25) is 0 Å². The van der Waals surface area contributed by atoms with Crippen LogP contribution in [-0.2, 0) is 12.7 Å². The monoisotopic (exact) mass is 380 g/mol. The minimum atomic E-state index is -4.78. The molecule has 3 N–H and O–H groups in total. The third-order valence-corrected chi connectivity index (χ3v) is 3.31. The summed E-state index contributed by atoms with van der Waals surface area (Å²) in [5.74, 6) is -3.45. The summed E-state index contributed by atoms with van der Waals surface area (Å²) in [5.41, 5.74) is 5.61. The first kappa shape index (κ1) is 18.1. The molecule has 9 nitrogen and oxygen atoms in total. The SMILES string of the molecule is NC(=O)c1cc(C(=O)NCc2noc(C(F)(F)F)n2)nn1-c1ccccc1. The number of hydrogen-bond donors (Lipinski definition) is 2. The molecule has 2 aromatic heterocycles. The van der Waals surface area contributed by atoms with Crippen molar-refractivity contribution in [1.82, 2.24) is 25.2 Å². The number of nitrogens with two attached hydrogens (primary N) is 1. The van der Waals surface area contributed by atoms with Crippen LogP contribution in [0.1, 0.15) is 32.7 Å². The number of nitrogens with one attached hydrogen (secondary N) is 1. The number of aromatic nitrogens is 4. The normalized spacial score (nSPS) is 11.4. The van der Waals surface area contributed by atoms with Crippen LogP contribution in [0, 0.1) is 0 Å². The standard InChI is InChI=1S/C15H11F3N6O3/c16-15(17,18)14-21-11(23-27-14)7-20-13(26)9-6-10(12(19)25)24(22-9)8-4-2-1-3-5-8/h1-6H,7H2,(H2,19,25)(H,20,26). The van der Waals surface area contributed by atoms with E-state index < -0.39 is 30.4 Å². The van der Waals surface area contributed by atoms with Crippen LogP contribution in [0.15, 0.2) is 40.9 Å². The van der Waals surface area contributed by atoms with Gasteiger partial charge in [-0.1, -0.05) is 23.4 Å². The molecule has 0 saturated heterocycles. The van der Waals surface area contributed by atoms with Crippen LogP contribution >= 0.6 is 0 Å². The molecular formula is C15H11F3N6O3. The van der Waals surface area contributed by atoms with Crippen molar-refractivity contribution in [1.29, 1.82) is 0 Å². The fourth-order valence-electron chi connectivity index (χ4n) is 2.12. The van der Waals surface area contributed by atoms with Crippen LogP contribution in [0.4, 0.5) is 13.2 Å². The van der Waals surface area contributed by atoms with Crippen molar-refractivity contribution in [3.05, 3.63) is 59.5 Å². The maximum absolute atomic E-state index is 12.4. The highest BCUT2D eigenvalue weighted by molar-refractivity contribution is 5.97. The van der Waals surface area contributed by atoms with Crippen molar-refractivity contribution in [2.45, 2.75) is 12.7 Å². The van der Waals surface area contributed by atoms with Crippen LogP contribution in [0.5, 0.6) is 0 Å². The second-order valence-corrected chi connectivity index (χ2v) is 5.22. The number of amides is 2. The van der Waals surface area contributed by atoms with Crippen molar-refractivity contribution in [3.63, 3.8) is 0 Å². The first-order valence-electron chi connectivity index (χ1n) is 7.39. The summed E-state index contributed by atoms with van der Waals surface area (Å²) in [5, 5.41) is 9.44. The van der Waals surface area contributed by atoms with Gasteiger partial charge in [-0.05, 0) is 12.1 Å². The fourth-order valence-corrected chi connectivity index (χ4v) is 2.12. The molecule has 0 saturated carbocycles. The van der Waals surface area contributed by atoms with E-state index >= 15 is 0 Å². The maximum atomic E-state index is 12.4. The Kier molecular flexibility index (Phi) is 4.62. The van der Waals surface area contributed by atoms with Gasteiger partial charge >= 0.3 is 12.1 Å². The number of primary amides is 1. The zero-order valence-electron chi connectivity index (χ0n) is 13.4. The molecule has 27 heavy (non-hydrogen) atoms. The van der Waals surface area contributed by atoms with Crippen molar-refractivity contribution >= 4 is 11.8 Å². The number of rotatable bonds is 5. The third-order valence-electron chi connectivity index (χ3n) is 3.31. The molecule has 3 rings (SSSR count). The van der Waals surface area contributed by atoms with Crippen LogP contribution < -0.4 is 11.1 Å². The van der Waals surface area contributed by atoms with Gasteiger partial charge in [0.15, 0.2) is 11.5 Å². The van der Waals surface area contributed by atoms with Gasteiger partial charge in [-0.2, -0.15) is 23.3 Å². The highest BCUT2D eigenvalue weighted by atomic mass is 19.4. The van der Waals surface area contributed by atoms with E-state index in [0.29, 0.717) is 5.69 Å². The van der Waals surface area contributed by atoms with Crippen molar-refractivity contribution < 1.29 is 27.3 Å². The number of carbonyl (C=O) groups excluding carboxylic acids is 2. The fraction of sp³-hybridized carbons (Fsp3) is 0.133. The topological polar surface area (TPSA) is 129 Å². The van der Waals surface area contributed by atoms with Crippen LogP contribution in [0.3, 0.4) is 0 Å². The summed E-state index contributed by atoms with van der Waals surface area (Å²) in [6, 6.07) is 9.64. The van der Waals surface area contributed by atoms with Gasteiger partial charge in [-0.15, -0.1) is 0 Å². The van der Waals surface area contributed by atoms with Crippen LogP contribution in [-0.4, -0.2) is 31.7 Å². The van der Waals surface area contributed by atoms with Crippen molar-refractivity contribution in [2.24, 2.45) is 5.73 Å². The van der Waals surface area contributed by atoms with E-state index in [9.17, 15) is 22.8 Å². The predicted molar refractivity (Wildman–Crippen MR) is 82.6 cm³/mol. The van der Waals surface area contributed by atoms with Gasteiger partial charge in [-0.25, -0.2) is 4.68 Å². The molecule has 0 aliphatic heterocycles. The second kappa shape index (κ2) is 6.90. The Labute approximate surface area is 149 Å². The average Bonchev–Trinajstić information content (AvgIpc) is 3.27. The van der Waals surface area contributed by atoms with Crippen LogP contribution in [0.25, 0.3) is 5.69 Å². The number of para-hydroxylation sites is 1. The molecule has 140 valence electrons. The summed E-state index contributed by atoms with van der Waals surface area (Å²) in [4.78, 5) is 26.9. The molecule has 0 unspecified atom stereocenters. The second-order valence-electron chi connectivity index (χ2n) is 5.22. The molecule has 0 spiro atoms. The molecular weight excluding hydrogens is 369 g/mol. The number of halogens is 3. The van der Waals surface area contributed by atoms with Gasteiger partial charge in [0, 0.05) is 6.07 Å². The molecule has 2 amide bonds. The number of hydrogen-bond acceptors (Lipinski definition) is 6. The van der Waals surface area contributed by atoms with Gasteiger partial charge in [-0.3, -0.25) is 9.59 Å². The van der Waals surface area contributed by atoms with Crippen molar-refractivity contribution in [3.8, 4) is 5.69 Å². The highest BCUT2D eigenvalue weighted by Crippen LogP contribution is 2.27. The Morgan fingerprint density at radius 3 is 2.52 bits per heavy atom. The number of nitrogens with zero attached hydrogens (tertiary/aromatic N) is 4. The summed E-state index contributed by atoms with van der Waals surface area (Å²) in [6.07, 6.45) is -4.78. The lowest BCUT2D eigenvalue weighted by Crippen LogP contribution is -2.24. The quantitative estimate of drug-likeness (QED) is 0.686. The molecule has 0 radical (unpaired) electrons. The van der Waals surface area contributed by atoms with E-state index in [0.717, 1.165) is 0 Å². The summed E-state index contributed by atoms with van der Waals surface area (Å²) in [7, 11) is 0. The Balaban J connectivity index is 1.77. The Morgan fingerprint density at radius 2 is 1.93 bits per heavy atom. The lowest BCUT2D eigenvalue weighted by atomic mass is 10.3. The van der Waals surface area contributed by atoms with E-state index in [1.54, 1.807) is 30.3 Å². The number of benzene rings is 1. The number of carbonyl (C=O) groups is 2. The van der Waals surface area contributed by atoms with Gasteiger partial charge < -0.3 is 15.6 Å². The van der Waals surface area contributed by atoms with Gasteiger partial charge in [0.05, 0.1) is 12.2 Å². The zero-order valence-corrected chi connectivity index (χ0v) is 13.4. The molecule has 3 aromatic rings. The van der Waals surface area contributed by atoms with E-state index in [1.807, 2.05) is 0 Å². The van der Waals surface area contributed by atoms with Gasteiger partial charge in [0.25, 0.3) is 11.8 Å². The minimum absolute atomic E-state index is 0.0368. The maximum Gasteiger partial charge on any atom is 0.471 e. The molecule has 12 heteroatoms. The Hall–Kier alpha value is -3.70. The molecule has 0 aliphatic rings. The van der Waals surface area contributed by atoms with E-state index in [2.05, 4.69) is 25.1 Å². The van der Waals surface area contributed by atoms with E-state index in [4.69, 9.17) is 5.73 Å². The molecule has 1 aromatic carbocycles. The zero-order chi connectivity index (χ0) is 19.6. The largest absolute Gasteiger partial charge is 0.471 e. The first-order chi connectivity index (χ1) is 12.8. The van der Waals surface area contributed by atoms with E-state index in [1.165, 1.54) is 10.7 Å². The Morgan fingerprint density at radius 1 is 1.22 bits per heavy atom. The number of alkyl halides is 3. The van der Waals surface area contributed by atoms with Gasteiger partial charge in [0.1, 0.15) is 5.69 Å². The molecule has 2 heterocycles. The average molecular weight is 380 g/mol. The summed E-state index contributed by atoms with van der Waals surface area (Å²) >= 11 is 0. The summed E-state index contributed by atoms with van der Waals surface area (Å²) in [6.45, 7) is -0.428. The third kappa shape index (κ3) is 3.94. The molecule has 0 aliphatic carbocycles. The molecule has 0 bridgehead atoms. The Bertz CT molecular complexity index is 980. The molecule has 0 fully saturated rings. The minimum Gasteiger partial charge on any atom is -0.364 e.